The lowest BCUT2D eigenvalue weighted by Crippen LogP contribution is -2.24. The first-order valence-corrected chi connectivity index (χ1v) is 6.91. The summed E-state index contributed by atoms with van der Waals surface area (Å²) in [5.41, 5.74) is 5.60. The van der Waals surface area contributed by atoms with Crippen LogP contribution in [0.1, 0.15) is 16.7 Å². The van der Waals surface area contributed by atoms with E-state index in [1.807, 2.05) is 0 Å². The zero-order valence-corrected chi connectivity index (χ0v) is 11.4. The van der Waals surface area contributed by atoms with Gasteiger partial charge in [-0.2, -0.15) is 0 Å². The summed E-state index contributed by atoms with van der Waals surface area (Å²) in [7, 11) is 2.18. The molecule has 0 unspecified atom stereocenters. The molecule has 19 heavy (non-hydrogen) atoms. The van der Waals surface area contributed by atoms with Crippen molar-refractivity contribution in [3.63, 3.8) is 0 Å². The van der Waals surface area contributed by atoms with E-state index in [0.717, 1.165) is 26.1 Å². The molecule has 0 amide bonds. The van der Waals surface area contributed by atoms with Gasteiger partial charge in [0.25, 0.3) is 0 Å². The number of nitrogens with zero attached hydrogens (tertiary/aromatic N) is 1. The number of fused-ring (bicyclic) bond motifs is 2. The third kappa shape index (κ3) is 2.64. The lowest BCUT2D eigenvalue weighted by Gasteiger charge is -2.25. The predicted molar refractivity (Wildman–Crippen MR) is 80.4 cm³/mol. The monoisotopic (exact) mass is 252 g/mol. The lowest BCUT2D eigenvalue weighted by molar-refractivity contribution is 0.675. The summed E-state index contributed by atoms with van der Waals surface area (Å²) in [5.74, 6) is 0. The van der Waals surface area contributed by atoms with E-state index in [1.54, 1.807) is 0 Å². The zero-order chi connectivity index (χ0) is 13.1. The van der Waals surface area contributed by atoms with Crippen LogP contribution in [0.5, 0.6) is 0 Å². The molecule has 0 aromatic heterocycles. The highest BCUT2D eigenvalue weighted by Gasteiger charge is 2.11. The summed E-state index contributed by atoms with van der Waals surface area (Å²) in [6.07, 6.45) is 1.10. The predicted octanol–water partition coefficient (Wildman–Crippen LogP) is 2.97. The molecule has 2 nitrogen and oxygen atoms in total. The molecule has 0 saturated carbocycles. The maximum atomic E-state index is 3.55. The maximum Gasteiger partial charge on any atom is 0.0429 e. The van der Waals surface area contributed by atoms with Gasteiger partial charge in [0.15, 0.2) is 0 Å². The molecule has 2 aromatic rings. The van der Waals surface area contributed by atoms with Crippen LogP contribution in [0, 0.1) is 0 Å². The second kappa shape index (κ2) is 5.45. The number of anilines is 1. The van der Waals surface area contributed by atoms with E-state index < -0.39 is 0 Å². The molecule has 0 bridgehead atoms. The zero-order valence-electron chi connectivity index (χ0n) is 11.4. The van der Waals surface area contributed by atoms with E-state index in [4.69, 9.17) is 0 Å². The highest BCUT2D eigenvalue weighted by molar-refractivity contribution is 5.53. The number of para-hydroxylation sites is 1. The van der Waals surface area contributed by atoms with Crippen LogP contribution in [-0.2, 0) is 19.5 Å². The van der Waals surface area contributed by atoms with Crippen molar-refractivity contribution in [1.82, 2.24) is 5.32 Å². The average molecular weight is 252 g/mol. The van der Waals surface area contributed by atoms with Crippen molar-refractivity contribution in [2.24, 2.45) is 0 Å². The van der Waals surface area contributed by atoms with Crippen LogP contribution in [0.4, 0.5) is 5.69 Å². The minimum absolute atomic E-state index is 0.947. The van der Waals surface area contributed by atoms with Crippen molar-refractivity contribution in [2.75, 3.05) is 18.5 Å². The van der Waals surface area contributed by atoms with Gasteiger partial charge in [0, 0.05) is 25.8 Å². The molecule has 98 valence electrons. The van der Waals surface area contributed by atoms with Gasteiger partial charge in [-0.3, -0.25) is 0 Å². The van der Waals surface area contributed by atoms with Crippen LogP contribution in [0.15, 0.2) is 48.5 Å². The first-order chi connectivity index (χ1) is 9.34. The largest absolute Gasteiger partial charge is 0.370 e. The van der Waals surface area contributed by atoms with Crippen molar-refractivity contribution in [2.45, 2.75) is 19.5 Å². The Balaban J connectivity index is 1.98. The molecule has 0 radical (unpaired) electrons. The Morgan fingerprint density at radius 1 is 0.895 bits per heavy atom. The van der Waals surface area contributed by atoms with Crippen molar-refractivity contribution in [1.29, 1.82) is 0 Å². The van der Waals surface area contributed by atoms with E-state index in [0.29, 0.717) is 0 Å². The summed E-state index contributed by atoms with van der Waals surface area (Å²) in [6.45, 7) is 2.96. The van der Waals surface area contributed by atoms with Gasteiger partial charge in [0.1, 0.15) is 0 Å². The van der Waals surface area contributed by atoms with Crippen molar-refractivity contribution in [3.05, 3.63) is 65.2 Å². The summed E-state index contributed by atoms with van der Waals surface area (Å²) in [6, 6.07) is 17.4. The number of hydrogen-bond acceptors (Lipinski definition) is 2. The molecule has 1 aliphatic heterocycles. The molecule has 1 heterocycles. The second-order valence-corrected chi connectivity index (χ2v) is 5.18. The number of nitrogens with one attached hydrogen (secondary N) is 1. The Hall–Kier alpha value is -1.80. The van der Waals surface area contributed by atoms with Crippen LogP contribution in [0.3, 0.4) is 0 Å². The Labute approximate surface area is 115 Å². The first kappa shape index (κ1) is 12.2. The van der Waals surface area contributed by atoms with E-state index in [9.17, 15) is 0 Å². The Bertz CT molecular complexity index is 563. The molecule has 2 heteroatoms. The summed E-state index contributed by atoms with van der Waals surface area (Å²) < 4.78 is 0. The minimum Gasteiger partial charge on any atom is -0.370 e. The van der Waals surface area contributed by atoms with Gasteiger partial charge in [0.05, 0.1) is 0 Å². The van der Waals surface area contributed by atoms with Crippen molar-refractivity contribution >= 4 is 5.69 Å². The van der Waals surface area contributed by atoms with E-state index >= 15 is 0 Å². The van der Waals surface area contributed by atoms with Crippen LogP contribution >= 0.6 is 0 Å². The highest BCUT2D eigenvalue weighted by atomic mass is 15.1. The van der Waals surface area contributed by atoms with Crippen LogP contribution in [0.2, 0.25) is 0 Å². The minimum atomic E-state index is 0.947. The first-order valence-electron chi connectivity index (χ1n) is 6.91. The van der Waals surface area contributed by atoms with Gasteiger partial charge < -0.3 is 10.2 Å². The summed E-state index contributed by atoms with van der Waals surface area (Å²) in [4.78, 5) is 2.35. The van der Waals surface area contributed by atoms with E-state index in [1.165, 1.54) is 22.4 Å². The SMILES string of the molecule is CN1Cc2ccccc2CCNCc2ccccc21. The summed E-state index contributed by atoms with van der Waals surface area (Å²) >= 11 is 0. The second-order valence-electron chi connectivity index (χ2n) is 5.18. The fourth-order valence-electron chi connectivity index (χ4n) is 2.78. The molecule has 0 aliphatic carbocycles. The standard InChI is InChI=1S/C17H20N2/c1-19-13-16-8-3-2-6-14(16)10-11-18-12-15-7-4-5-9-17(15)19/h2-9,18H,10-13H2,1H3. The molecular weight excluding hydrogens is 232 g/mol. The topological polar surface area (TPSA) is 15.3 Å². The van der Waals surface area contributed by atoms with Crippen molar-refractivity contribution < 1.29 is 0 Å². The summed E-state index contributed by atoms with van der Waals surface area (Å²) in [5, 5.41) is 3.55. The molecule has 2 aromatic carbocycles. The molecule has 1 N–H and O–H groups in total. The lowest BCUT2D eigenvalue weighted by atomic mass is 10.0. The Morgan fingerprint density at radius 2 is 1.58 bits per heavy atom. The molecule has 3 rings (SSSR count). The maximum absolute atomic E-state index is 3.55. The highest BCUT2D eigenvalue weighted by Crippen LogP contribution is 2.23. The third-order valence-electron chi connectivity index (χ3n) is 3.82. The van der Waals surface area contributed by atoms with Crippen LogP contribution < -0.4 is 10.2 Å². The van der Waals surface area contributed by atoms with Gasteiger partial charge in [-0.1, -0.05) is 42.5 Å². The van der Waals surface area contributed by atoms with Gasteiger partial charge in [-0.25, -0.2) is 0 Å². The molecule has 0 fully saturated rings. The van der Waals surface area contributed by atoms with Gasteiger partial charge in [-0.05, 0) is 35.7 Å². The van der Waals surface area contributed by atoms with E-state index in [2.05, 4.69) is 65.8 Å². The third-order valence-corrected chi connectivity index (χ3v) is 3.82. The van der Waals surface area contributed by atoms with Crippen molar-refractivity contribution in [3.8, 4) is 0 Å². The Kier molecular flexibility index (Phi) is 3.51. The molecule has 1 aliphatic rings. The van der Waals surface area contributed by atoms with Gasteiger partial charge in [0.2, 0.25) is 0 Å². The van der Waals surface area contributed by atoms with Crippen LogP contribution in [-0.4, -0.2) is 13.6 Å². The molecule has 0 atom stereocenters. The normalized spacial score (nSPS) is 15.5. The molecular formula is C17H20N2. The molecule has 0 saturated heterocycles. The quantitative estimate of drug-likeness (QED) is 0.775. The number of hydrogen-bond donors (Lipinski definition) is 1. The molecule has 0 spiro atoms. The van der Waals surface area contributed by atoms with E-state index in [-0.39, 0.29) is 0 Å². The Morgan fingerprint density at radius 3 is 2.42 bits per heavy atom. The van der Waals surface area contributed by atoms with Gasteiger partial charge in [-0.15, -0.1) is 0 Å². The van der Waals surface area contributed by atoms with Gasteiger partial charge >= 0.3 is 0 Å². The smallest absolute Gasteiger partial charge is 0.0429 e. The average Bonchev–Trinajstić information content (AvgIpc) is 2.45. The number of benzene rings is 2. The van der Waals surface area contributed by atoms with Crippen LogP contribution in [0.25, 0.3) is 0 Å². The fourth-order valence-corrected chi connectivity index (χ4v) is 2.78. The number of rotatable bonds is 0. The fraction of sp³-hybridized carbons (Fsp3) is 0.294.